The van der Waals surface area contributed by atoms with Crippen molar-refractivity contribution in [3.8, 4) is 0 Å². The van der Waals surface area contributed by atoms with Crippen molar-refractivity contribution >= 4 is 23.9 Å². The van der Waals surface area contributed by atoms with E-state index in [2.05, 4.69) is 43.2 Å². The van der Waals surface area contributed by atoms with Gasteiger partial charge in [0.25, 0.3) is 5.91 Å². The van der Waals surface area contributed by atoms with Crippen LogP contribution in [-0.4, -0.2) is 85.3 Å². The minimum atomic E-state index is -0.639. The van der Waals surface area contributed by atoms with Crippen LogP contribution < -0.4 is 10.6 Å². The van der Waals surface area contributed by atoms with Crippen molar-refractivity contribution in [2.24, 2.45) is 0 Å². The molecule has 0 radical (unpaired) electrons. The zero-order valence-corrected chi connectivity index (χ0v) is 40.7. The van der Waals surface area contributed by atoms with Gasteiger partial charge in [-0.3, -0.25) is 24.6 Å². The van der Waals surface area contributed by atoms with Gasteiger partial charge < -0.3 is 19.7 Å². The summed E-state index contributed by atoms with van der Waals surface area (Å²) in [6.07, 6.45) is 38.8. The maximum Gasteiger partial charge on any atom is 0.325 e. The van der Waals surface area contributed by atoms with E-state index in [0.29, 0.717) is 19.4 Å². The highest BCUT2D eigenvalue weighted by Crippen LogP contribution is 2.19. The van der Waals surface area contributed by atoms with Crippen LogP contribution in [0.25, 0.3) is 0 Å². The molecule has 0 aromatic heterocycles. The molecule has 10 heteroatoms. The molecule has 358 valence electrons. The number of rotatable bonds is 45. The smallest absolute Gasteiger partial charge is 0.325 e. The molecule has 0 bridgehead atoms. The zero-order valence-electron chi connectivity index (χ0n) is 40.7. The molecular weight excluding hydrogens is 765 g/mol. The molecular formula is C51H98N4O6. The minimum absolute atomic E-state index is 0.00358. The molecule has 1 rings (SSSR count). The van der Waals surface area contributed by atoms with Crippen LogP contribution in [0.2, 0.25) is 0 Å². The van der Waals surface area contributed by atoms with E-state index in [0.717, 1.165) is 140 Å². The van der Waals surface area contributed by atoms with E-state index < -0.39 is 6.17 Å². The first-order valence-electron chi connectivity index (χ1n) is 26.2. The average molecular weight is 863 g/mol. The Hall–Kier alpha value is -2.20. The van der Waals surface area contributed by atoms with Crippen LogP contribution in [0.3, 0.4) is 0 Å². The van der Waals surface area contributed by atoms with Gasteiger partial charge in [0.1, 0.15) is 12.2 Å². The van der Waals surface area contributed by atoms with Crippen LogP contribution in [0.15, 0.2) is 0 Å². The van der Waals surface area contributed by atoms with Crippen LogP contribution in [-0.2, 0) is 23.9 Å². The Balaban J connectivity index is 2.39. The molecule has 2 N–H and O–H groups in total. The number of carbonyl (C=O) groups is 4. The van der Waals surface area contributed by atoms with Crippen LogP contribution in [0.5, 0.6) is 0 Å². The third-order valence-electron chi connectivity index (χ3n) is 12.6. The Bertz CT molecular complexity index is 1060. The Morgan fingerprint density at radius 1 is 0.541 bits per heavy atom. The molecule has 0 aliphatic carbocycles. The summed E-state index contributed by atoms with van der Waals surface area (Å²) in [6, 6.07) is -0.359. The Morgan fingerprint density at radius 3 is 1.34 bits per heavy atom. The summed E-state index contributed by atoms with van der Waals surface area (Å²) in [5.74, 6) is -0.270. The summed E-state index contributed by atoms with van der Waals surface area (Å²) in [4.78, 5) is 53.1. The third-order valence-corrected chi connectivity index (χ3v) is 12.6. The first kappa shape index (κ1) is 56.8. The second kappa shape index (κ2) is 40.6. The Morgan fingerprint density at radius 2 is 0.918 bits per heavy atom. The van der Waals surface area contributed by atoms with Crippen LogP contribution in [0, 0.1) is 0 Å². The molecule has 0 saturated carbocycles. The SMILES string of the molecule is CCCCCCCCC(CC)OC(=O)CCCCCCCN(CCCCCCCC(=O)OC(CCCCCCCC)CCCCCCCC)CCCNC1NC(=O)N(C)C1=O. The first-order chi connectivity index (χ1) is 29.7. The van der Waals surface area contributed by atoms with Gasteiger partial charge in [-0.05, 0) is 103 Å². The molecule has 1 heterocycles. The maximum absolute atomic E-state index is 12.9. The molecule has 2 atom stereocenters. The fraction of sp³-hybridized carbons (Fsp3) is 0.922. The van der Waals surface area contributed by atoms with Crippen molar-refractivity contribution in [2.45, 2.75) is 271 Å². The fourth-order valence-electron chi connectivity index (χ4n) is 8.42. The second-order valence-electron chi connectivity index (χ2n) is 18.3. The molecule has 0 aromatic carbocycles. The number of imide groups is 1. The van der Waals surface area contributed by atoms with Gasteiger partial charge in [0.2, 0.25) is 0 Å². The fourth-order valence-corrected chi connectivity index (χ4v) is 8.42. The topological polar surface area (TPSA) is 117 Å². The normalized spacial score (nSPS) is 14.7. The highest BCUT2D eigenvalue weighted by molar-refractivity contribution is 6.03. The molecule has 3 amide bonds. The molecule has 1 saturated heterocycles. The van der Waals surface area contributed by atoms with Gasteiger partial charge in [0, 0.05) is 19.9 Å². The number of ether oxygens (including phenoxy) is 2. The molecule has 0 spiro atoms. The summed E-state index contributed by atoms with van der Waals surface area (Å²) >= 11 is 0. The van der Waals surface area contributed by atoms with E-state index in [1.54, 1.807) is 0 Å². The quantitative estimate of drug-likeness (QED) is 0.0353. The van der Waals surface area contributed by atoms with Crippen molar-refractivity contribution in [3.05, 3.63) is 0 Å². The van der Waals surface area contributed by atoms with E-state index in [1.165, 1.54) is 103 Å². The monoisotopic (exact) mass is 863 g/mol. The molecule has 1 fully saturated rings. The van der Waals surface area contributed by atoms with E-state index in [4.69, 9.17) is 9.47 Å². The molecule has 1 aliphatic rings. The van der Waals surface area contributed by atoms with E-state index in [1.807, 2.05) is 0 Å². The van der Waals surface area contributed by atoms with Gasteiger partial charge in [-0.2, -0.15) is 0 Å². The van der Waals surface area contributed by atoms with Gasteiger partial charge in [0.05, 0.1) is 0 Å². The number of urea groups is 1. The van der Waals surface area contributed by atoms with Crippen molar-refractivity contribution in [3.63, 3.8) is 0 Å². The van der Waals surface area contributed by atoms with Crippen molar-refractivity contribution < 1.29 is 28.7 Å². The summed E-state index contributed by atoms with van der Waals surface area (Å²) in [6.45, 7) is 12.5. The summed E-state index contributed by atoms with van der Waals surface area (Å²) in [7, 11) is 1.50. The number of hydrogen-bond donors (Lipinski definition) is 2. The average Bonchev–Trinajstić information content (AvgIpc) is 3.50. The van der Waals surface area contributed by atoms with E-state index in [-0.39, 0.29) is 36.1 Å². The Kier molecular flexibility index (Phi) is 37.8. The van der Waals surface area contributed by atoms with E-state index >= 15 is 0 Å². The first-order valence-corrected chi connectivity index (χ1v) is 26.2. The predicted molar refractivity (Wildman–Crippen MR) is 254 cm³/mol. The largest absolute Gasteiger partial charge is 0.462 e. The molecule has 2 unspecified atom stereocenters. The highest BCUT2D eigenvalue weighted by Gasteiger charge is 2.34. The number of unbranched alkanes of at least 4 members (excludes halogenated alkanes) is 23. The lowest BCUT2D eigenvalue weighted by Crippen LogP contribution is -2.44. The van der Waals surface area contributed by atoms with Crippen molar-refractivity contribution in [1.29, 1.82) is 0 Å². The predicted octanol–water partition coefficient (Wildman–Crippen LogP) is 12.9. The molecule has 10 nitrogen and oxygen atoms in total. The van der Waals surface area contributed by atoms with Gasteiger partial charge in [-0.25, -0.2) is 4.79 Å². The van der Waals surface area contributed by atoms with Gasteiger partial charge in [0.15, 0.2) is 6.17 Å². The molecule has 1 aliphatic heterocycles. The summed E-state index contributed by atoms with van der Waals surface area (Å²) < 4.78 is 11.9. The number of carbonyl (C=O) groups excluding carboxylic acids is 4. The lowest BCUT2D eigenvalue weighted by Gasteiger charge is -2.23. The van der Waals surface area contributed by atoms with E-state index in [9.17, 15) is 19.2 Å². The summed E-state index contributed by atoms with van der Waals surface area (Å²) in [5, 5.41) is 5.90. The number of esters is 2. The van der Waals surface area contributed by atoms with Crippen molar-refractivity contribution in [1.82, 2.24) is 20.4 Å². The van der Waals surface area contributed by atoms with Gasteiger partial charge in [-0.15, -0.1) is 0 Å². The number of nitrogens with one attached hydrogen (secondary N) is 2. The maximum atomic E-state index is 12.9. The number of amides is 3. The number of nitrogens with zero attached hydrogens (tertiary/aromatic N) is 2. The summed E-state index contributed by atoms with van der Waals surface area (Å²) in [5.41, 5.74) is 0. The molecule has 0 aromatic rings. The minimum Gasteiger partial charge on any atom is -0.462 e. The van der Waals surface area contributed by atoms with Crippen LogP contribution in [0.1, 0.15) is 252 Å². The van der Waals surface area contributed by atoms with Crippen LogP contribution >= 0.6 is 0 Å². The number of hydrogen-bond acceptors (Lipinski definition) is 8. The highest BCUT2D eigenvalue weighted by atomic mass is 16.5. The standard InChI is InChI=1S/C51H98N4O6/c1-6-10-13-16-21-28-36-45(9-4)60-47(56)39-31-24-19-26-33-42-55(44-35-41-52-49-50(58)54(5)51(59)53-49)43-34-27-20-25-32-40-48(57)61-46(37-29-22-17-14-11-7-2)38-30-23-18-15-12-8-3/h45-46,49,52H,6-44H2,1-5H3,(H,53,59). The number of likely N-dealkylation sites (N-methyl/N-ethyl adjacent to an activating group) is 1. The Labute approximate surface area is 375 Å². The van der Waals surface area contributed by atoms with Crippen LogP contribution in [0.4, 0.5) is 4.79 Å². The lowest BCUT2D eigenvalue weighted by atomic mass is 10.0. The second-order valence-corrected chi connectivity index (χ2v) is 18.3. The van der Waals surface area contributed by atoms with Gasteiger partial charge in [-0.1, -0.05) is 163 Å². The zero-order chi connectivity index (χ0) is 44.6. The lowest BCUT2D eigenvalue weighted by molar-refractivity contribution is -0.150. The van der Waals surface area contributed by atoms with Crippen molar-refractivity contribution in [2.75, 3.05) is 33.2 Å². The van der Waals surface area contributed by atoms with Gasteiger partial charge >= 0.3 is 18.0 Å². The molecule has 61 heavy (non-hydrogen) atoms. The third kappa shape index (κ3) is 32.2.